The second-order valence-electron chi connectivity index (χ2n) is 5.34. The van der Waals surface area contributed by atoms with Gasteiger partial charge in [0.25, 0.3) is 0 Å². The number of hydrogen-bond donors (Lipinski definition) is 1. The smallest absolute Gasteiger partial charge is 0.0967 e. The Labute approximate surface area is 114 Å². The third-order valence-corrected chi connectivity index (χ3v) is 3.08. The van der Waals surface area contributed by atoms with Gasteiger partial charge < -0.3 is 4.90 Å². The van der Waals surface area contributed by atoms with Crippen molar-refractivity contribution in [3.63, 3.8) is 0 Å². The molecule has 0 aliphatic heterocycles. The van der Waals surface area contributed by atoms with E-state index in [4.69, 9.17) is 5.26 Å². The summed E-state index contributed by atoms with van der Waals surface area (Å²) in [6.45, 7) is 12.0. The molecule has 0 heterocycles. The summed E-state index contributed by atoms with van der Waals surface area (Å²) in [7, 11) is 0. The first-order valence-electron chi connectivity index (χ1n) is 7.52. The molecule has 0 saturated carbocycles. The lowest BCUT2D eigenvalue weighted by atomic mass is 10.1. The highest BCUT2D eigenvalue weighted by Gasteiger charge is 2.11. The highest BCUT2D eigenvalue weighted by atomic mass is 15.1. The second kappa shape index (κ2) is 11.5. The minimum atomic E-state index is -0.00393. The monoisotopic (exact) mass is 253 g/mol. The molecule has 0 amide bonds. The van der Waals surface area contributed by atoms with Crippen molar-refractivity contribution in [2.75, 3.05) is 19.6 Å². The quantitative estimate of drug-likeness (QED) is 0.615. The largest absolute Gasteiger partial charge is 0.303 e. The molecule has 3 heteroatoms. The summed E-state index contributed by atoms with van der Waals surface area (Å²) in [4.78, 5) is 2.51. The molecule has 0 aliphatic carbocycles. The Morgan fingerprint density at radius 2 is 1.61 bits per heavy atom. The molecule has 0 fully saturated rings. The first-order valence-corrected chi connectivity index (χ1v) is 7.52. The van der Waals surface area contributed by atoms with Gasteiger partial charge in [-0.05, 0) is 46.2 Å². The molecule has 0 aromatic carbocycles. The Morgan fingerprint density at radius 1 is 1.06 bits per heavy atom. The summed E-state index contributed by atoms with van der Waals surface area (Å²) in [6.07, 6.45) is 5.95. The summed E-state index contributed by atoms with van der Waals surface area (Å²) < 4.78 is 0. The molecule has 1 atom stereocenters. The van der Waals surface area contributed by atoms with Gasteiger partial charge in [-0.1, -0.05) is 26.7 Å². The molecule has 1 N–H and O–H groups in total. The molecular weight excluding hydrogens is 222 g/mol. The van der Waals surface area contributed by atoms with E-state index in [1.165, 1.54) is 38.8 Å². The summed E-state index contributed by atoms with van der Waals surface area (Å²) in [5.41, 5.74) is 0. The van der Waals surface area contributed by atoms with Crippen LogP contribution in [0.3, 0.4) is 0 Å². The summed E-state index contributed by atoms with van der Waals surface area (Å²) in [5.74, 6) is 0. The maximum Gasteiger partial charge on any atom is 0.0967 e. The SMILES string of the molecule is CCCCN(CCCC)CCC(C#N)NC(C)C. The predicted octanol–water partition coefficient (Wildman–Crippen LogP) is 3.17. The number of nitriles is 1. The lowest BCUT2D eigenvalue weighted by Crippen LogP contribution is -2.37. The Hall–Kier alpha value is -0.590. The lowest BCUT2D eigenvalue weighted by molar-refractivity contribution is 0.254. The average molecular weight is 253 g/mol. The van der Waals surface area contributed by atoms with Crippen molar-refractivity contribution in [2.45, 2.75) is 71.9 Å². The topological polar surface area (TPSA) is 39.1 Å². The van der Waals surface area contributed by atoms with Crippen molar-refractivity contribution in [3.8, 4) is 6.07 Å². The van der Waals surface area contributed by atoms with Crippen LogP contribution < -0.4 is 5.32 Å². The molecule has 0 rings (SSSR count). The van der Waals surface area contributed by atoms with Gasteiger partial charge in [0.05, 0.1) is 12.1 Å². The lowest BCUT2D eigenvalue weighted by Gasteiger charge is -2.24. The highest BCUT2D eigenvalue weighted by molar-refractivity contribution is 4.91. The van der Waals surface area contributed by atoms with Crippen molar-refractivity contribution in [3.05, 3.63) is 0 Å². The van der Waals surface area contributed by atoms with Gasteiger partial charge in [-0.2, -0.15) is 5.26 Å². The van der Waals surface area contributed by atoms with Gasteiger partial charge in [-0.3, -0.25) is 5.32 Å². The standard InChI is InChI=1S/C15H31N3/c1-5-7-10-18(11-8-6-2)12-9-15(13-16)17-14(3)4/h14-15,17H,5-12H2,1-4H3. The zero-order valence-corrected chi connectivity index (χ0v) is 12.7. The van der Waals surface area contributed by atoms with Crippen LogP contribution in [-0.4, -0.2) is 36.6 Å². The summed E-state index contributed by atoms with van der Waals surface area (Å²) in [5, 5.41) is 12.4. The predicted molar refractivity (Wildman–Crippen MR) is 78.5 cm³/mol. The van der Waals surface area contributed by atoms with Crippen molar-refractivity contribution in [1.82, 2.24) is 10.2 Å². The summed E-state index contributed by atoms with van der Waals surface area (Å²) in [6, 6.07) is 2.74. The van der Waals surface area contributed by atoms with Gasteiger partial charge in [-0.15, -0.1) is 0 Å². The molecular formula is C15H31N3. The molecule has 0 bridgehead atoms. The number of nitrogens with zero attached hydrogens (tertiary/aromatic N) is 2. The van der Waals surface area contributed by atoms with E-state index < -0.39 is 0 Å². The van der Waals surface area contributed by atoms with E-state index in [2.05, 4.69) is 44.0 Å². The Balaban J connectivity index is 4.01. The fraction of sp³-hybridized carbons (Fsp3) is 0.933. The van der Waals surface area contributed by atoms with E-state index in [-0.39, 0.29) is 6.04 Å². The molecule has 18 heavy (non-hydrogen) atoms. The van der Waals surface area contributed by atoms with Crippen molar-refractivity contribution < 1.29 is 0 Å². The molecule has 3 nitrogen and oxygen atoms in total. The van der Waals surface area contributed by atoms with Gasteiger partial charge in [0.1, 0.15) is 0 Å². The van der Waals surface area contributed by atoms with Crippen LogP contribution in [0.25, 0.3) is 0 Å². The van der Waals surface area contributed by atoms with Crippen LogP contribution in [0.15, 0.2) is 0 Å². The van der Waals surface area contributed by atoms with Crippen LogP contribution in [0, 0.1) is 11.3 Å². The first-order chi connectivity index (χ1) is 8.63. The third kappa shape index (κ3) is 9.44. The van der Waals surface area contributed by atoms with Gasteiger partial charge in [0.15, 0.2) is 0 Å². The molecule has 0 radical (unpaired) electrons. The van der Waals surface area contributed by atoms with Crippen LogP contribution in [0.4, 0.5) is 0 Å². The van der Waals surface area contributed by atoms with Gasteiger partial charge in [0, 0.05) is 12.6 Å². The van der Waals surface area contributed by atoms with E-state index in [0.717, 1.165) is 13.0 Å². The van der Waals surface area contributed by atoms with Crippen LogP contribution in [0.1, 0.15) is 59.8 Å². The number of unbranched alkanes of at least 4 members (excludes halogenated alkanes) is 2. The molecule has 1 unspecified atom stereocenters. The van der Waals surface area contributed by atoms with Crippen molar-refractivity contribution in [1.29, 1.82) is 5.26 Å². The molecule has 0 aromatic heterocycles. The second-order valence-corrected chi connectivity index (χ2v) is 5.34. The Kier molecular flexibility index (Phi) is 11.1. The maximum absolute atomic E-state index is 9.11. The number of rotatable bonds is 11. The fourth-order valence-corrected chi connectivity index (χ4v) is 2.00. The first kappa shape index (κ1) is 17.4. The average Bonchev–Trinajstić information content (AvgIpc) is 2.35. The Bertz CT molecular complexity index is 212. The number of nitrogens with one attached hydrogen (secondary N) is 1. The zero-order valence-electron chi connectivity index (χ0n) is 12.7. The van der Waals surface area contributed by atoms with Crippen molar-refractivity contribution >= 4 is 0 Å². The highest BCUT2D eigenvalue weighted by Crippen LogP contribution is 2.03. The minimum Gasteiger partial charge on any atom is -0.303 e. The van der Waals surface area contributed by atoms with Crippen LogP contribution >= 0.6 is 0 Å². The summed E-state index contributed by atoms with van der Waals surface area (Å²) >= 11 is 0. The molecule has 0 spiro atoms. The van der Waals surface area contributed by atoms with Crippen LogP contribution in [0.2, 0.25) is 0 Å². The van der Waals surface area contributed by atoms with E-state index >= 15 is 0 Å². The van der Waals surface area contributed by atoms with E-state index in [0.29, 0.717) is 6.04 Å². The van der Waals surface area contributed by atoms with Crippen LogP contribution in [-0.2, 0) is 0 Å². The van der Waals surface area contributed by atoms with E-state index in [1.54, 1.807) is 0 Å². The third-order valence-electron chi connectivity index (χ3n) is 3.08. The molecule has 0 saturated heterocycles. The van der Waals surface area contributed by atoms with Crippen molar-refractivity contribution in [2.24, 2.45) is 0 Å². The molecule has 106 valence electrons. The number of hydrogen-bond acceptors (Lipinski definition) is 3. The van der Waals surface area contributed by atoms with Gasteiger partial charge in [0.2, 0.25) is 0 Å². The Morgan fingerprint density at radius 3 is 2.00 bits per heavy atom. The molecule has 0 aliphatic rings. The fourth-order valence-electron chi connectivity index (χ4n) is 2.00. The minimum absolute atomic E-state index is 0.00393. The zero-order chi connectivity index (χ0) is 13.8. The van der Waals surface area contributed by atoms with E-state index in [9.17, 15) is 0 Å². The van der Waals surface area contributed by atoms with Gasteiger partial charge >= 0.3 is 0 Å². The van der Waals surface area contributed by atoms with E-state index in [1.807, 2.05) is 0 Å². The molecule has 0 aromatic rings. The van der Waals surface area contributed by atoms with Crippen LogP contribution in [0.5, 0.6) is 0 Å². The maximum atomic E-state index is 9.11. The van der Waals surface area contributed by atoms with Gasteiger partial charge in [-0.25, -0.2) is 0 Å². The normalized spacial score (nSPS) is 12.9.